The first-order chi connectivity index (χ1) is 16.6. The van der Waals surface area contributed by atoms with Crippen molar-refractivity contribution < 1.29 is 9.15 Å². The Morgan fingerprint density at radius 3 is 2.71 bits per heavy atom. The molecule has 0 aliphatic carbocycles. The minimum Gasteiger partial charge on any atom is -0.494 e. The molecule has 0 saturated carbocycles. The van der Waals surface area contributed by atoms with Gasteiger partial charge >= 0.3 is 0 Å². The molecule has 0 aliphatic heterocycles. The highest BCUT2D eigenvalue weighted by atomic mass is 79.9. The number of rotatable bonds is 8. The van der Waals surface area contributed by atoms with Gasteiger partial charge in [-0.05, 0) is 55.0 Å². The van der Waals surface area contributed by atoms with Gasteiger partial charge in [-0.2, -0.15) is 9.50 Å². The van der Waals surface area contributed by atoms with E-state index in [9.17, 15) is 4.79 Å². The fourth-order valence-corrected chi connectivity index (χ4v) is 4.84. The molecule has 2 aromatic carbocycles. The summed E-state index contributed by atoms with van der Waals surface area (Å²) in [6, 6.07) is 19.3. The number of nitrogens with zero attached hydrogens (tertiary/aromatic N) is 3. The van der Waals surface area contributed by atoms with Gasteiger partial charge in [-0.15, -0.1) is 5.10 Å². The molecular formula is C26H22BrN3O3S. The van der Waals surface area contributed by atoms with Crippen molar-refractivity contribution in [2.75, 3.05) is 6.61 Å². The van der Waals surface area contributed by atoms with Gasteiger partial charge in [0.05, 0.1) is 6.61 Å². The van der Waals surface area contributed by atoms with Crippen molar-refractivity contribution >= 4 is 38.3 Å². The fraction of sp³-hybridized carbons (Fsp3) is 0.192. The summed E-state index contributed by atoms with van der Waals surface area (Å²) in [7, 11) is 0. The van der Waals surface area contributed by atoms with Crippen molar-refractivity contribution in [1.29, 1.82) is 0 Å². The van der Waals surface area contributed by atoms with Gasteiger partial charge in [0.2, 0.25) is 4.96 Å². The van der Waals surface area contributed by atoms with E-state index in [-0.39, 0.29) is 5.56 Å². The van der Waals surface area contributed by atoms with E-state index in [1.54, 1.807) is 6.08 Å². The molecule has 0 saturated heterocycles. The predicted molar refractivity (Wildman–Crippen MR) is 138 cm³/mol. The smallest absolute Gasteiger partial charge is 0.291 e. The monoisotopic (exact) mass is 535 g/mol. The molecule has 0 atom stereocenters. The van der Waals surface area contributed by atoms with E-state index in [0.717, 1.165) is 40.0 Å². The quantitative estimate of drug-likeness (QED) is 0.229. The Hall–Kier alpha value is -3.23. The van der Waals surface area contributed by atoms with E-state index in [4.69, 9.17) is 9.15 Å². The number of furan rings is 1. The summed E-state index contributed by atoms with van der Waals surface area (Å²) in [6.45, 7) is 2.88. The topological polar surface area (TPSA) is 69.6 Å². The Kier molecular flexibility index (Phi) is 6.60. The van der Waals surface area contributed by atoms with E-state index >= 15 is 0 Å². The predicted octanol–water partition coefficient (Wildman–Crippen LogP) is 5.96. The van der Waals surface area contributed by atoms with Crippen LogP contribution in [0, 0.1) is 0 Å². The average molecular weight is 536 g/mol. The van der Waals surface area contributed by atoms with Crippen LogP contribution in [-0.4, -0.2) is 21.2 Å². The first-order valence-electron chi connectivity index (χ1n) is 11.1. The molecular weight excluding hydrogens is 514 g/mol. The number of benzene rings is 2. The highest BCUT2D eigenvalue weighted by Gasteiger charge is 2.13. The summed E-state index contributed by atoms with van der Waals surface area (Å²) in [5.74, 6) is 2.68. The molecule has 0 spiro atoms. The van der Waals surface area contributed by atoms with Crippen LogP contribution < -0.4 is 14.8 Å². The number of hydrogen-bond acceptors (Lipinski definition) is 6. The Labute approximate surface area is 208 Å². The maximum atomic E-state index is 12.9. The van der Waals surface area contributed by atoms with Gasteiger partial charge < -0.3 is 9.15 Å². The van der Waals surface area contributed by atoms with Gasteiger partial charge in [0, 0.05) is 21.7 Å². The molecule has 0 aliphatic rings. The van der Waals surface area contributed by atoms with Crippen LogP contribution in [0.15, 0.2) is 74.3 Å². The highest BCUT2D eigenvalue weighted by Crippen LogP contribution is 2.25. The molecule has 0 N–H and O–H groups in total. The van der Waals surface area contributed by atoms with Crippen molar-refractivity contribution in [2.24, 2.45) is 0 Å². The molecule has 0 bridgehead atoms. The van der Waals surface area contributed by atoms with Crippen molar-refractivity contribution in [1.82, 2.24) is 14.6 Å². The Bertz CT molecular complexity index is 1540. The molecule has 5 rings (SSSR count). The largest absolute Gasteiger partial charge is 0.494 e. The molecule has 6 nitrogen and oxygen atoms in total. The number of halogens is 1. The summed E-state index contributed by atoms with van der Waals surface area (Å²) >= 11 is 4.76. The lowest BCUT2D eigenvalue weighted by atomic mass is 10.2. The highest BCUT2D eigenvalue weighted by molar-refractivity contribution is 9.10. The van der Waals surface area contributed by atoms with Gasteiger partial charge in [-0.1, -0.05) is 59.2 Å². The van der Waals surface area contributed by atoms with E-state index in [1.165, 1.54) is 22.3 Å². The molecule has 0 amide bonds. The van der Waals surface area contributed by atoms with Crippen LogP contribution in [-0.2, 0) is 0 Å². The normalized spacial score (nSPS) is 12.0. The molecule has 3 heterocycles. The first kappa shape index (κ1) is 22.6. The number of hydrogen-bond donors (Lipinski definition) is 0. The number of ether oxygens (including phenoxy) is 1. The summed E-state index contributed by atoms with van der Waals surface area (Å²) in [5.41, 5.74) is 1.59. The van der Waals surface area contributed by atoms with Crippen LogP contribution in [0.3, 0.4) is 0 Å². The molecule has 5 aromatic rings. The van der Waals surface area contributed by atoms with Crippen LogP contribution in [0.5, 0.6) is 5.75 Å². The second kappa shape index (κ2) is 9.95. The minimum atomic E-state index is -0.213. The Morgan fingerprint density at radius 1 is 1.09 bits per heavy atom. The lowest BCUT2D eigenvalue weighted by Crippen LogP contribution is -2.23. The van der Waals surface area contributed by atoms with Crippen LogP contribution in [0.4, 0.5) is 0 Å². The van der Waals surface area contributed by atoms with Gasteiger partial charge in [-0.25, -0.2) is 0 Å². The lowest BCUT2D eigenvalue weighted by Gasteiger charge is -2.05. The van der Waals surface area contributed by atoms with Crippen LogP contribution in [0.2, 0.25) is 0 Å². The molecule has 3 aromatic heterocycles. The van der Waals surface area contributed by atoms with Gasteiger partial charge in [-0.3, -0.25) is 4.79 Å². The zero-order chi connectivity index (χ0) is 23.5. The van der Waals surface area contributed by atoms with Crippen LogP contribution >= 0.6 is 27.3 Å². The number of thiazole rings is 1. The van der Waals surface area contributed by atoms with E-state index in [1.807, 2.05) is 60.7 Å². The van der Waals surface area contributed by atoms with Crippen LogP contribution in [0.1, 0.15) is 31.9 Å². The summed E-state index contributed by atoms with van der Waals surface area (Å²) in [4.78, 5) is 18.0. The summed E-state index contributed by atoms with van der Waals surface area (Å²) < 4.78 is 14.5. The molecule has 172 valence electrons. The van der Waals surface area contributed by atoms with Crippen molar-refractivity contribution in [3.63, 3.8) is 0 Å². The SMILES string of the molecule is CCCCCOc1ccc(-c2nc3sc(=Cc4ccc(-c5cccc(Br)c5)o4)c(=O)n3n2)cc1. The molecule has 0 unspecified atom stereocenters. The van der Waals surface area contributed by atoms with E-state index in [2.05, 4.69) is 32.9 Å². The lowest BCUT2D eigenvalue weighted by molar-refractivity contribution is 0.306. The standard InChI is InChI=1S/C26H22BrN3O3S/c1-2-3-4-14-32-20-10-8-17(9-11-20)24-28-26-30(29-24)25(31)23(34-26)16-21-12-13-22(33-21)18-6-5-7-19(27)15-18/h5-13,15-16H,2-4,14H2,1H3. The number of aromatic nitrogens is 3. The maximum Gasteiger partial charge on any atom is 0.291 e. The molecule has 0 fully saturated rings. The summed E-state index contributed by atoms with van der Waals surface area (Å²) in [5, 5.41) is 4.43. The average Bonchev–Trinajstić information content (AvgIpc) is 3.55. The second-order valence-electron chi connectivity index (χ2n) is 7.84. The third-order valence-electron chi connectivity index (χ3n) is 5.32. The maximum absolute atomic E-state index is 12.9. The van der Waals surface area contributed by atoms with Crippen molar-refractivity contribution in [3.8, 4) is 28.5 Å². The zero-order valence-corrected chi connectivity index (χ0v) is 20.9. The molecule has 34 heavy (non-hydrogen) atoms. The number of fused-ring (bicyclic) bond motifs is 1. The third kappa shape index (κ3) is 4.83. The van der Waals surface area contributed by atoms with Crippen molar-refractivity contribution in [3.05, 3.63) is 85.8 Å². The third-order valence-corrected chi connectivity index (χ3v) is 6.77. The summed E-state index contributed by atoms with van der Waals surface area (Å²) in [6.07, 6.45) is 5.11. The van der Waals surface area contributed by atoms with Crippen LogP contribution in [0.25, 0.3) is 33.7 Å². The van der Waals surface area contributed by atoms with E-state index in [0.29, 0.717) is 27.7 Å². The molecule has 8 heteroatoms. The Balaban J connectivity index is 1.36. The van der Waals surface area contributed by atoms with E-state index < -0.39 is 0 Å². The second-order valence-corrected chi connectivity index (χ2v) is 9.76. The number of unbranched alkanes of at least 4 members (excludes halogenated alkanes) is 2. The zero-order valence-electron chi connectivity index (χ0n) is 18.5. The minimum absolute atomic E-state index is 0.213. The molecule has 0 radical (unpaired) electrons. The Morgan fingerprint density at radius 2 is 1.94 bits per heavy atom. The van der Waals surface area contributed by atoms with Gasteiger partial charge in [0.1, 0.15) is 21.8 Å². The fourth-order valence-electron chi connectivity index (χ4n) is 3.55. The van der Waals surface area contributed by atoms with Gasteiger partial charge in [0.25, 0.3) is 5.56 Å². The van der Waals surface area contributed by atoms with Gasteiger partial charge in [0.15, 0.2) is 5.82 Å². The van der Waals surface area contributed by atoms with Crippen molar-refractivity contribution in [2.45, 2.75) is 26.2 Å². The first-order valence-corrected chi connectivity index (χ1v) is 12.7.